The molecule has 134 valence electrons. The molecule has 0 atom stereocenters. The van der Waals surface area contributed by atoms with E-state index < -0.39 is 5.76 Å². The van der Waals surface area contributed by atoms with E-state index in [1.807, 2.05) is 55.5 Å². The van der Waals surface area contributed by atoms with Crippen molar-refractivity contribution in [1.82, 2.24) is 9.72 Å². The van der Waals surface area contributed by atoms with E-state index in [-0.39, 0.29) is 12.5 Å². The number of hydrogen-bond acceptors (Lipinski definition) is 4. The number of anilines is 1. The van der Waals surface area contributed by atoms with Gasteiger partial charge in [0.1, 0.15) is 6.54 Å². The normalized spacial score (nSPS) is 10.9. The quantitative estimate of drug-likeness (QED) is 0.762. The van der Waals surface area contributed by atoms with Gasteiger partial charge in [-0.3, -0.25) is 9.32 Å². The second-order valence-electron chi connectivity index (χ2n) is 6.50. The molecule has 2 aromatic carbocycles. The number of amides is 1. The molecule has 26 heavy (non-hydrogen) atoms. The van der Waals surface area contributed by atoms with Crippen LogP contribution in [-0.4, -0.2) is 15.6 Å². The minimum atomic E-state index is -0.658. The second kappa shape index (κ2) is 7.39. The van der Waals surface area contributed by atoms with Gasteiger partial charge in [-0.15, -0.1) is 0 Å². The molecule has 0 aliphatic rings. The van der Waals surface area contributed by atoms with Crippen molar-refractivity contribution >= 4 is 11.6 Å². The molecule has 0 spiro atoms. The molecule has 0 saturated heterocycles. The molecule has 0 aliphatic carbocycles. The van der Waals surface area contributed by atoms with Crippen LogP contribution in [0.15, 0.2) is 57.8 Å². The largest absolute Gasteiger partial charge is 0.442 e. The smallest absolute Gasteiger partial charge is 0.325 e. The summed E-state index contributed by atoms with van der Waals surface area (Å²) in [7, 11) is 0. The van der Waals surface area contributed by atoms with E-state index in [0.29, 0.717) is 17.4 Å². The first-order valence-corrected chi connectivity index (χ1v) is 8.48. The van der Waals surface area contributed by atoms with E-state index in [1.54, 1.807) is 0 Å². The Bertz CT molecular complexity index is 986. The van der Waals surface area contributed by atoms with Gasteiger partial charge in [0.2, 0.25) is 5.91 Å². The molecule has 1 aromatic heterocycles. The van der Waals surface area contributed by atoms with E-state index >= 15 is 0 Å². The number of hydrogen-bond donors (Lipinski definition) is 1. The molecule has 0 saturated carbocycles. The molecule has 6 nitrogen and oxygen atoms in total. The number of nitrogens with one attached hydrogen (secondary N) is 1. The molecule has 3 rings (SSSR count). The Morgan fingerprint density at radius 3 is 2.69 bits per heavy atom. The van der Waals surface area contributed by atoms with Crippen molar-refractivity contribution in [2.45, 2.75) is 33.2 Å². The van der Waals surface area contributed by atoms with Crippen LogP contribution in [0.4, 0.5) is 5.69 Å². The third kappa shape index (κ3) is 3.74. The molecular weight excluding hydrogens is 330 g/mol. The van der Waals surface area contributed by atoms with Crippen molar-refractivity contribution in [2.75, 3.05) is 5.32 Å². The van der Waals surface area contributed by atoms with E-state index in [2.05, 4.69) is 24.3 Å². The lowest BCUT2D eigenvalue weighted by molar-refractivity contribution is -0.116. The molecule has 1 N–H and O–H groups in total. The molecular formula is C20H21N3O3. The number of nitrogens with zero attached hydrogens (tertiary/aromatic N) is 2. The first kappa shape index (κ1) is 17.7. The molecule has 0 radical (unpaired) electrons. The van der Waals surface area contributed by atoms with E-state index in [9.17, 15) is 9.59 Å². The predicted octanol–water partition coefficient (Wildman–Crippen LogP) is 3.57. The Kier molecular flexibility index (Phi) is 5.02. The molecule has 1 heterocycles. The van der Waals surface area contributed by atoms with Gasteiger partial charge in [-0.1, -0.05) is 55.4 Å². The number of carbonyl (C=O) groups is 1. The maximum Gasteiger partial charge on any atom is 0.442 e. The van der Waals surface area contributed by atoms with Crippen molar-refractivity contribution in [3.05, 3.63) is 70.2 Å². The Morgan fingerprint density at radius 2 is 1.96 bits per heavy atom. The fraction of sp³-hybridized carbons (Fsp3) is 0.250. The lowest BCUT2D eigenvalue weighted by Gasteiger charge is -2.10. The molecule has 0 unspecified atom stereocenters. The molecule has 1 amide bonds. The van der Waals surface area contributed by atoms with Gasteiger partial charge in [0.15, 0.2) is 5.82 Å². The summed E-state index contributed by atoms with van der Waals surface area (Å²) in [5.74, 6) is -0.264. The summed E-state index contributed by atoms with van der Waals surface area (Å²) in [6.07, 6.45) is 0. The lowest BCUT2D eigenvalue weighted by Crippen LogP contribution is -2.25. The summed E-state index contributed by atoms with van der Waals surface area (Å²) in [5, 5.41) is 6.67. The van der Waals surface area contributed by atoms with Crippen LogP contribution in [0, 0.1) is 6.92 Å². The van der Waals surface area contributed by atoms with Gasteiger partial charge in [0.25, 0.3) is 0 Å². The van der Waals surface area contributed by atoms with Gasteiger partial charge in [-0.2, -0.15) is 0 Å². The Morgan fingerprint density at radius 1 is 1.19 bits per heavy atom. The number of aryl methyl sites for hydroxylation is 1. The summed E-state index contributed by atoms with van der Waals surface area (Å²) in [5.41, 5.74) is 3.53. The van der Waals surface area contributed by atoms with E-state index in [4.69, 9.17) is 4.52 Å². The monoisotopic (exact) mass is 351 g/mol. The zero-order valence-electron chi connectivity index (χ0n) is 15.0. The Labute approximate surface area is 151 Å². The average molecular weight is 351 g/mol. The fourth-order valence-electron chi connectivity index (χ4n) is 2.74. The number of rotatable bonds is 5. The highest BCUT2D eigenvalue weighted by atomic mass is 16.5. The average Bonchev–Trinajstić information content (AvgIpc) is 2.96. The highest BCUT2D eigenvalue weighted by Crippen LogP contribution is 2.21. The van der Waals surface area contributed by atoms with Crippen molar-refractivity contribution in [2.24, 2.45) is 0 Å². The van der Waals surface area contributed by atoms with Crippen molar-refractivity contribution in [3.63, 3.8) is 0 Å². The maximum atomic E-state index is 12.4. The van der Waals surface area contributed by atoms with Gasteiger partial charge < -0.3 is 5.32 Å². The minimum absolute atomic E-state index is 0.169. The summed E-state index contributed by atoms with van der Waals surface area (Å²) in [6.45, 7) is 5.92. The van der Waals surface area contributed by atoms with Crippen LogP contribution in [-0.2, 0) is 11.3 Å². The van der Waals surface area contributed by atoms with Crippen LogP contribution in [0.1, 0.15) is 30.9 Å². The van der Waals surface area contributed by atoms with Crippen molar-refractivity contribution in [1.29, 1.82) is 0 Å². The molecule has 0 fully saturated rings. The van der Waals surface area contributed by atoms with Crippen LogP contribution in [0.3, 0.4) is 0 Å². The zero-order chi connectivity index (χ0) is 18.7. The minimum Gasteiger partial charge on any atom is -0.325 e. The third-order valence-corrected chi connectivity index (χ3v) is 4.21. The first-order valence-electron chi connectivity index (χ1n) is 8.48. The topological polar surface area (TPSA) is 77.1 Å². The van der Waals surface area contributed by atoms with Gasteiger partial charge in [-0.05, 0) is 36.1 Å². The summed E-state index contributed by atoms with van der Waals surface area (Å²) in [4.78, 5) is 24.5. The first-order chi connectivity index (χ1) is 12.5. The van der Waals surface area contributed by atoms with Crippen LogP contribution in [0.25, 0.3) is 11.4 Å². The Balaban J connectivity index is 1.83. The lowest BCUT2D eigenvalue weighted by atomic mass is 10.0. The number of carbonyl (C=O) groups excluding carboxylic acids is 1. The summed E-state index contributed by atoms with van der Waals surface area (Å²) < 4.78 is 6.02. The van der Waals surface area contributed by atoms with Gasteiger partial charge in [0, 0.05) is 11.3 Å². The maximum absolute atomic E-state index is 12.4. The van der Waals surface area contributed by atoms with Gasteiger partial charge in [-0.25, -0.2) is 9.36 Å². The zero-order valence-corrected chi connectivity index (χ0v) is 15.0. The number of benzene rings is 2. The van der Waals surface area contributed by atoms with Crippen LogP contribution in [0.2, 0.25) is 0 Å². The third-order valence-electron chi connectivity index (χ3n) is 4.21. The summed E-state index contributed by atoms with van der Waals surface area (Å²) in [6, 6.07) is 15.2. The van der Waals surface area contributed by atoms with E-state index in [1.165, 1.54) is 4.57 Å². The SMILES string of the molecule is Cc1ccccc1-c1noc(=O)n1CC(=O)Nc1cccc(C(C)C)c1. The molecule has 0 aliphatic heterocycles. The molecule has 6 heteroatoms. The Hall–Kier alpha value is -3.15. The highest BCUT2D eigenvalue weighted by molar-refractivity contribution is 5.90. The van der Waals surface area contributed by atoms with Gasteiger partial charge >= 0.3 is 5.76 Å². The number of aromatic nitrogens is 2. The molecule has 0 bridgehead atoms. The fourth-order valence-corrected chi connectivity index (χ4v) is 2.74. The highest BCUT2D eigenvalue weighted by Gasteiger charge is 2.17. The standard InChI is InChI=1S/C20H21N3O3/c1-13(2)15-8-6-9-16(11-15)21-18(24)12-23-19(22-26-20(23)25)17-10-5-4-7-14(17)3/h4-11,13H,12H2,1-3H3,(H,21,24). The van der Waals surface area contributed by atoms with Crippen molar-refractivity contribution < 1.29 is 9.32 Å². The van der Waals surface area contributed by atoms with Crippen LogP contribution in [0.5, 0.6) is 0 Å². The van der Waals surface area contributed by atoms with E-state index in [0.717, 1.165) is 16.7 Å². The van der Waals surface area contributed by atoms with Gasteiger partial charge in [0.05, 0.1) is 0 Å². The molecule has 3 aromatic rings. The predicted molar refractivity (Wildman–Crippen MR) is 100 cm³/mol. The van der Waals surface area contributed by atoms with Crippen LogP contribution >= 0.6 is 0 Å². The van der Waals surface area contributed by atoms with Crippen molar-refractivity contribution in [3.8, 4) is 11.4 Å². The summed E-state index contributed by atoms with van der Waals surface area (Å²) >= 11 is 0. The van der Waals surface area contributed by atoms with Crippen LogP contribution < -0.4 is 11.1 Å². The second-order valence-corrected chi connectivity index (χ2v) is 6.50.